The molecule has 2 bridgehead atoms. The standard InChI is InChI=1S/C21H24O/c1-14-9-16(7-8-21(14)22)20-13-18-12-19(20)11-17(18)10-15-5-3-2-4-6-15/h2-9,17-20,22H,10-13H2,1H3. The second-order valence-electron chi connectivity index (χ2n) is 7.33. The predicted octanol–water partition coefficient (Wildman–Crippen LogP) is 5.07. The summed E-state index contributed by atoms with van der Waals surface area (Å²) >= 11 is 0. The average Bonchev–Trinajstić information content (AvgIpc) is 3.11. The van der Waals surface area contributed by atoms with Gasteiger partial charge in [-0.05, 0) is 79.0 Å². The van der Waals surface area contributed by atoms with E-state index < -0.39 is 0 Å². The summed E-state index contributed by atoms with van der Waals surface area (Å²) in [5.41, 5.74) is 3.96. The van der Waals surface area contributed by atoms with Crippen LogP contribution in [0.3, 0.4) is 0 Å². The van der Waals surface area contributed by atoms with Crippen LogP contribution in [0.15, 0.2) is 48.5 Å². The van der Waals surface area contributed by atoms with Crippen LogP contribution in [0.2, 0.25) is 0 Å². The maximum atomic E-state index is 9.72. The van der Waals surface area contributed by atoms with Gasteiger partial charge in [-0.2, -0.15) is 0 Å². The van der Waals surface area contributed by atoms with Crippen LogP contribution >= 0.6 is 0 Å². The maximum Gasteiger partial charge on any atom is 0.118 e. The van der Waals surface area contributed by atoms with Crippen molar-refractivity contribution in [2.45, 2.75) is 38.5 Å². The molecule has 0 saturated heterocycles. The van der Waals surface area contributed by atoms with Crippen molar-refractivity contribution in [3.63, 3.8) is 0 Å². The zero-order valence-corrected chi connectivity index (χ0v) is 13.2. The monoisotopic (exact) mass is 292 g/mol. The molecule has 4 atom stereocenters. The molecule has 2 saturated carbocycles. The molecule has 1 N–H and O–H groups in total. The number of phenolic OH excluding ortho intramolecular Hbond substituents is 1. The molecule has 2 aromatic carbocycles. The van der Waals surface area contributed by atoms with E-state index in [9.17, 15) is 5.11 Å². The van der Waals surface area contributed by atoms with E-state index in [-0.39, 0.29) is 0 Å². The molecule has 114 valence electrons. The zero-order chi connectivity index (χ0) is 15.1. The molecule has 1 nitrogen and oxygen atoms in total. The molecule has 0 aliphatic heterocycles. The van der Waals surface area contributed by atoms with Gasteiger partial charge in [-0.15, -0.1) is 0 Å². The van der Waals surface area contributed by atoms with E-state index >= 15 is 0 Å². The van der Waals surface area contributed by atoms with Crippen molar-refractivity contribution in [2.75, 3.05) is 0 Å². The Morgan fingerprint density at radius 1 is 0.955 bits per heavy atom. The summed E-state index contributed by atoms with van der Waals surface area (Å²) in [6.07, 6.45) is 5.38. The van der Waals surface area contributed by atoms with Gasteiger partial charge in [-0.3, -0.25) is 0 Å². The van der Waals surface area contributed by atoms with Gasteiger partial charge >= 0.3 is 0 Å². The summed E-state index contributed by atoms with van der Waals surface area (Å²) in [4.78, 5) is 0. The second kappa shape index (κ2) is 5.46. The fourth-order valence-corrected chi connectivity index (χ4v) is 4.88. The number of hydrogen-bond donors (Lipinski definition) is 1. The summed E-state index contributed by atoms with van der Waals surface area (Å²) in [7, 11) is 0. The molecule has 22 heavy (non-hydrogen) atoms. The fourth-order valence-electron chi connectivity index (χ4n) is 4.88. The Labute approximate surface area is 133 Å². The van der Waals surface area contributed by atoms with Crippen molar-refractivity contribution in [3.8, 4) is 5.75 Å². The lowest BCUT2D eigenvalue weighted by Crippen LogP contribution is -2.18. The van der Waals surface area contributed by atoms with E-state index in [1.165, 1.54) is 36.8 Å². The molecule has 2 fully saturated rings. The van der Waals surface area contributed by atoms with Crippen molar-refractivity contribution in [1.29, 1.82) is 0 Å². The molecule has 0 amide bonds. The van der Waals surface area contributed by atoms with Gasteiger partial charge in [0.15, 0.2) is 0 Å². The maximum absolute atomic E-state index is 9.72. The zero-order valence-electron chi connectivity index (χ0n) is 13.2. The van der Waals surface area contributed by atoms with Crippen LogP contribution in [0.25, 0.3) is 0 Å². The molecule has 0 radical (unpaired) electrons. The van der Waals surface area contributed by atoms with E-state index in [4.69, 9.17) is 0 Å². The molecule has 1 heteroatoms. The molecule has 4 unspecified atom stereocenters. The topological polar surface area (TPSA) is 20.2 Å². The molecule has 0 spiro atoms. The van der Waals surface area contributed by atoms with Crippen molar-refractivity contribution in [1.82, 2.24) is 0 Å². The first-order chi connectivity index (χ1) is 10.7. The van der Waals surface area contributed by atoms with Crippen LogP contribution in [0, 0.1) is 24.7 Å². The Balaban J connectivity index is 1.46. The van der Waals surface area contributed by atoms with Gasteiger partial charge < -0.3 is 5.11 Å². The van der Waals surface area contributed by atoms with Gasteiger partial charge in [0, 0.05) is 0 Å². The van der Waals surface area contributed by atoms with Crippen LogP contribution in [0.5, 0.6) is 5.75 Å². The van der Waals surface area contributed by atoms with Gasteiger partial charge in [-0.1, -0.05) is 42.5 Å². The molecular formula is C21H24O. The van der Waals surface area contributed by atoms with E-state index in [1.807, 2.05) is 13.0 Å². The van der Waals surface area contributed by atoms with Crippen LogP contribution in [-0.4, -0.2) is 5.11 Å². The van der Waals surface area contributed by atoms with E-state index in [1.54, 1.807) is 0 Å². The van der Waals surface area contributed by atoms with Gasteiger partial charge in [0.2, 0.25) is 0 Å². The summed E-state index contributed by atoms with van der Waals surface area (Å²) in [5.74, 6) is 3.76. The van der Waals surface area contributed by atoms with Crippen molar-refractivity contribution < 1.29 is 5.11 Å². The summed E-state index contributed by atoms with van der Waals surface area (Å²) < 4.78 is 0. The first-order valence-electron chi connectivity index (χ1n) is 8.54. The smallest absolute Gasteiger partial charge is 0.118 e. The third-order valence-electron chi connectivity index (χ3n) is 5.99. The first kappa shape index (κ1) is 13.9. The van der Waals surface area contributed by atoms with Crippen molar-refractivity contribution in [3.05, 3.63) is 65.2 Å². The predicted molar refractivity (Wildman–Crippen MR) is 90.1 cm³/mol. The number of fused-ring (bicyclic) bond motifs is 2. The minimum atomic E-state index is 0.425. The summed E-state index contributed by atoms with van der Waals surface area (Å²) in [6.45, 7) is 2.00. The minimum Gasteiger partial charge on any atom is -0.508 e. The molecular weight excluding hydrogens is 268 g/mol. The minimum absolute atomic E-state index is 0.425. The van der Waals surface area contributed by atoms with Crippen LogP contribution in [0.1, 0.15) is 41.9 Å². The molecule has 0 aromatic heterocycles. The number of aryl methyl sites for hydroxylation is 1. The normalized spacial score (nSPS) is 29.9. The van der Waals surface area contributed by atoms with Crippen LogP contribution in [-0.2, 0) is 6.42 Å². The number of rotatable bonds is 3. The van der Waals surface area contributed by atoms with Crippen molar-refractivity contribution in [2.24, 2.45) is 17.8 Å². The highest BCUT2D eigenvalue weighted by Gasteiger charge is 2.45. The third-order valence-corrected chi connectivity index (χ3v) is 5.99. The number of benzene rings is 2. The van der Waals surface area contributed by atoms with E-state index in [0.717, 1.165) is 29.2 Å². The largest absolute Gasteiger partial charge is 0.508 e. The van der Waals surface area contributed by atoms with Gasteiger partial charge in [0.25, 0.3) is 0 Å². The van der Waals surface area contributed by atoms with Crippen LogP contribution < -0.4 is 0 Å². The Morgan fingerprint density at radius 2 is 1.77 bits per heavy atom. The number of aromatic hydroxyl groups is 1. The highest BCUT2D eigenvalue weighted by atomic mass is 16.3. The lowest BCUT2D eigenvalue weighted by molar-refractivity contribution is 0.303. The molecule has 2 aliphatic rings. The highest BCUT2D eigenvalue weighted by Crippen LogP contribution is 2.56. The van der Waals surface area contributed by atoms with Gasteiger partial charge in [-0.25, -0.2) is 0 Å². The van der Waals surface area contributed by atoms with E-state index in [2.05, 4.69) is 42.5 Å². The lowest BCUT2D eigenvalue weighted by Gasteiger charge is -2.28. The van der Waals surface area contributed by atoms with Gasteiger partial charge in [0.1, 0.15) is 5.75 Å². The fraction of sp³-hybridized carbons (Fsp3) is 0.429. The van der Waals surface area contributed by atoms with Crippen molar-refractivity contribution >= 4 is 0 Å². The summed E-state index contributed by atoms with van der Waals surface area (Å²) in [5, 5.41) is 9.72. The van der Waals surface area contributed by atoms with Gasteiger partial charge in [0.05, 0.1) is 0 Å². The molecule has 0 heterocycles. The molecule has 4 rings (SSSR count). The van der Waals surface area contributed by atoms with E-state index in [0.29, 0.717) is 5.75 Å². The number of hydrogen-bond acceptors (Lipinski definition) is 1. The Kier molecular flexibility index (Phi) is 3.44. The lowest BCUT2D eigenvalue weighted by atomic mass is 9.76. The quantitative estimate of drug-likeness (QED) is 0.837. The highest BCUT2D eigenvalue weighted by molar-refractivity contribution is 5.37. The average molecular weight is 292 g/mol. The van der Waals surface area contributed by atoms with Crippen LogP contribution in [0.4, 0.5) is 0 Å². The summed E-state index contributed by atoms with van der Waals surface area (Å²) in [6, 6.07) is 17.2. The number of phenols is 1. The Morgan fingerprint density at radius 3 is 2.45 bits per heavy atom. The second-order valence-corrected chi connectivity index (χ2v) is 7.33. The SMILES string of the molecule is Cc1cc(C2CC3CC2CC3Cc2ccccc2)ccc1O. The molecule has 2 aromatic rings. The molecule has 2 aliphatic carbocycles. The Hall–Kier alpha value is -1.76. The third kappa shape index (κ3) is 2.43. The first-order valence-corrected chi connectivity index (χ1v) is 8.54. The Bertz CT molecular complexity index is 661.